The van der Waals surface area contributed by atoms with Crippen LogP contribution in [0.5, 0.6) is 17.2 Å². The Bertz CT molecular complexity index is 703. The summed E-state index contributed by atoms with van der Waals surface area (Å²) in [4.78, 5) is 12.2. The summed E-state index contributed by atoms with van der Waals surface area (Å²) in [7, 11) is 4.51. The fourth-order valence-electron chi connectivity index (χ4n) is 2.15. The number of hydrogen-bond acceptors (Lipinski definition) is 4. The molecule has 2 aromatic rings. The quantitative estimate of drug-likeness (QED) is 0.889. The second-order valence-electron chi connectivity index (χ2n) is 4.76. The number of nitrogens with one attached hydrogen (secondary N) is 1. The lowest BCUT2D eigenvalue weighted by Gasteiger charge is -2.14. The van der Waals surface area contributed by atoms with Gasteiger partial charge in [0.15, 0.2) is 11.5 Å². The number of benzene rings is 2. The number of carbonyl (C=O) groups excluding carboxylic acids is 1. The van der Waals surface area contributed by atoms with E-state index in [0.717, 1.165) is 0 Å². The largest absolute Gasteiger partial charge is 0.494 e. The van der Waals surface area contributed by atoms with E-state index < -0.39 is 0 Å². The molecular formula is C17H18FNO4. The summed E-state index contributed by atoms with van der Waals surface area (Å²) in [5, 5.41) is 2.73. The van der Waals surface area contributed by atoms with Crippen LogP contribution in [0.2, 0.25) is 0 Å². The van der Waals surface area contributed by atoms with Crippen LogP contribution in [-0.4, -0.2) is 27.2 Å². The summed E-state index contributed by atoms with van der Waals surface area (Å²) in [6.45, 7) is 0. The van der Waals surface area contributed by atoms with Gasteiger partial charge < -0.3 is 19.5 Å². The van der Waals surface area contributed by atoms with Crippen molar-refractivity contribution in [2.24, 2.45) is 0 Å². The number of hydrogen-bond donors (Lipinski definition) is 1. The molecule has 2 aromatic carbocycles. The van der Waals surface area contributed by atoms with Gasteiger partial charge >= 0.3 is 0 Å². The lowest BCUT2D eigenvalue weighted by Crippen LogP contribution is -2.15. The zero-order chi connectivity index (χ0) is 16.8. The number of anilines is 1. The standard InChI is InChI=1S/C17H18FNO4/c1-21-14-10-16(23-3)15(22-2)9-13(14)19-17(20)8-11-5-4-6-12(18)7-11/h4-7,9-10H,8H2,1-3H3,(H,19,20). The SMILES string of the molecule is COc1cc(OC)c(OC)cc1NC(=O)Cc1cccc(F)c1. The minimum absolute atomic E-state index is 0.0509. The predicted molar refractivity (Wildman–Crippen MR) is 84.8 cm³/mol. The normalized spacial score (nSPS) is 10.1. The predicted octanol–water partition coefficient (Wildman–Crippen LogP) is 3.03. The summed E-state index contributed by atoms with van der Waals surface area (Å²) >= 11 is 0. The Morgan fingerprint density at radius 3 is 2.26 bits per heavy atom. The Labute approximate surface area is 134 Å². The summed E-state index contributed by atoms with van der Waals surface area (Å²) in [5.74, 6) is 0.734. The van der Waals surface area contributed by atoms with Gasteiger partial charge in [-0.3, -0.25) is 4.79 Å². The van der Waals surface area contributed by atoms with Crippen molar-refractivity contribution in [3.63, 3.8) is 0 Å². The van der Waals surface area contributed by atoms with Crippen LogP contribution in [0, 0.1) is 5.82 Å². The highest BCUT2D eigenvalue weighted by atomic mass is 19.1. The minimum atomic E-state index is -0.376. The Morgan fingerprint density at radius 2 is 1.65 bits per heavy atom. The van der Waals surface area contributed by atoms with Crippen LogP contribution in [0.15, 0.2) is 36.4 Å². The fraction of sp³-hybridized carbons (Fsp3) is 0.235. The number of rotatable bonds is 6. The van der Waals surface area contributed by atoms with Crippen molar-refractivity contribution in [2.45, 2.75) is 6.42 Å². The molecule has 0 heterocycles. The molecule has 0 saturated carbocycles. The highest BCUT2D eigenvalue weighted by Crippen LogP contribution is 2.37. The Hall–Kier alpha value is -2.76. The first kappa shape index (κ1) is 16.6. The van der Waals surface area contributed by atoms with Crippen molar-refractivity contribution in [1.29, 1.82) is 0 Å². The fourth-order valence-corrected chi connectivity index (χ4v) is 2.15. The van der Waals surface area contributed by atoms with Crippen LogP contribution in [0.3, 0.4) is 0 Å². The van der Waals surface area contributed by atoms with Gasteiger partial charge in [-0.1, -0.05) is 12.1 Å². The van der Waals surface area contributed by atoms with Gasteiger partial charge in [0.1, 0.15) is 11.6 Å². The number of methoxy groups -OCH3 is 3. The second kappa shape index (κ2) is 7.49. The summed E-state index contributed by atoms with van der Waals surface area (Å²) in [6, 6.07) is 9.14. The van der Waals surface area contributed by atoms with E-state index in [1.807, 2.05) is 0 Å². The summed E-state index contributed by atoms with van der Waals surface area (Å²) in [5.41, 5.74) is 1.04. The van der Waals surface area contributed by atoms with E-state index in [1.165, 1.54) is 33.5 Å². The summed E-state index contributed by atoms with van der Waals surface area (Å²) in [6.07, 6.45) is 0.0509. The van der Waals surface area contributed by atoms with Gasteiger partial charge in [0, 0.05) is 12.1 Å². The molecule has 0 aliphatic carbocycles. The monoisotopic (exact) mass is 319 g/mol. The first-order chi connectivity index (χ1) is 11.1. The number of carbonyl (C=O) groups is 1. The van der Waals surface area contributed by atoms with E-state index in [-0.39, 0.29) is 18.1 Å². The Morgan fingerprint density at radius 1 is 1.00 bits per heavy atom. The Balaban J connectivity index is 2.19. The van der Waals surface area contributed by atoms with Crippen molar-refractivity contribution < 1.29 is 23.4 Å². The van der Waals surface area contributed by atoms with Gasteiger partial charge in [-0.25, -0.2) is 4.39 Å². The van der Waals surface area contributed by atoms with Gasteiger partial charge in [-0.15, -0.1) is 0 Å². The number of ether oxygens (including phenoxy) is 3. The van der Waals surface area contributed by atoms with Gasteiger partial charge in [-0.2, -0.15) is 0 Å². The van der Waals surface area contributed by atoms with Crippen LogP contribution < -0.4 is 19.5 Å². The van der Waals surface area contributed by atoms with Crippen molar-refractivity contribution in [3.05, 3.63) is 47.8 Å². The maximum absolute atomic E-state index is 13.2. The molecule has 0 radical (unpaired) electrons. The van der Waals surface area contributed by atoms with Crippen molar-refractivity contribution in [3.8, 4) is 17.2 Å². The van der Waals surface area contributed by atoms with Gasteiger partial charge in [0.25, 0.3) is 0 Å². The molecule has 0 spiro atoms. The van der Waals surface area contributed by atoms with E-state index in [0.29, 0.717) is 28.5 Å². The lowest BCUT2D eigenvalue weighted by atomic mass is 10.1. The second-order valence-corrected chi connectivity index (χ2v) is 4.76. The van der Waals surface area contributed by atoms with Crippen LogP contribution in [0.4, 0.5) is 10.1 Å². The molecule has 122 valence electrons. The molecule has 0 aromatic heterocycles. The molecule has 6 heteroatoms. The van der Waals surface area contributed by atoms with Gasteiger partial charge in [0.05, 0.1) is 33.4 Å². The first-order valence-electron chi connectivity index (χ1n) is 6.91. The van der Waals surface area contributed by atoms with E-state index in [4.69, 9.17) is 14.2 Å². The van der Waals surface area contributed by atoms with E-state index >= 15 is 0 Å². The molecule has 23 heavy (non-hydrogen) atoms. The molecule has 1 amide bonds. The highest BCUT2D eigenvalue weighted by molar-refractivity contribution is 5.94. The first-order valence-corrected chi connectivity index (χ1v) is 6.91. The molecule has 1 N–H and O–H groups in total. The smallest absolute Gasteiger partial charge is 0.228 e. The molecule has 0 atom stereocenters. The van der Waals surface area contributed by atoms with Gasteiger partial charge in [0.2, 0.25) is 5.91 Å². The third-order valence-electron chi connectivity index (χ3n) is 3.23. The Kier molecular flexibility index (Phi) is 5.41. The molecule has 0 bridgehead atoms. The zero-order valence-corrected chi connectivity index (χ0v) is 13.2. The zero-order valence-electron chi connectivity index (χ0n) is 13.2. The average Bonchev–Trinajstić information content (AvgIpc) is 2.54. The third kappa shape index (κ3) is 4.12. The van der Waals surface area contributed by atoms with Crippen LogP contribution in [0.1, 0.15) is 5.56 Å². The molecule has 5 nitrogen and oxygen atoms in total. The topological polar surface area (TPSA) is 56.8 Å². The van der Waals surface area contributed by atoms with Crippen LogP contribution >= 0.6 is 0 Å². The molecular weight excluding hydrogens is 301 g/mol. The van der Waals surface area contributed by atoms with Crippen LogP contribution in [-0.2, 0) is 11.2 Å². The molecule has 0 aliphatic heterocycles. The molecule has 2 rings (SSSR count). The average molecular weight is 319 g/mol. The summed E-state index contributed by atoms with van der Waals surface area (Å²) < 4.78 is 28.8. The molecule has 0 fully saturated rings. The highest BCUT2D eigenvalue weighted by Gasteiger charge is 2.14. The van der Waals surface area contributed by atoms with Crippen molar-refractivity contribution in [2.75, 3.05) is 26.6 Å². The lowest BCUT2D eigenvalue weighted by molar-refractivity contribution is -0.115. The van der Waals surface area contributed by atoms with Gasteiger partial charge in [-0.05, 0) is 17.7 Å². The maximum atomic E-state index is 13.2. The van der Waals surface area contributed by atoms with E-state index in [9.17, 15) is 9.18 Å². The molecule has 0 saturated heterocycles. The molecule has 0 unspecified atom stereocenters. The third-order valence-corrected chi connectivity index (χ3v) is 3.23. The minimum Gasteiger partial charge on any atom is -0.494 e. The number of amides is 1. The molecule has 0 aliphatic rings. The van der Waals surface area contributed by atoms with E-state index in [1.54, 1.807) is 24.3 Å². The number of halogens is 1. The van der Waals surface area contributed by atoms with E-state index in [2.05, 4.69) is 5.32 Å². The van der Waals surface area contributed by atoms with Crippen molar-refractivity contribution in [1.82, 2.24) is 0 Å². The maximum Gasteiger partial charge on any atom is 0.228 e. The van der Waals surface area contributed by atoms with Crippen molar-refractivity contribution >= 4 is 11.6 Å². The van der Waals surface area contributed by atoms with Crippen LogP contribution in [0.25, 0.3) is 0 Å².